The van der Waals surface area contributed by atoms with Crippen LogP contribution in [0.4, 0.5) is 0 Å². The quantitative estimate of drug-likeness (QED) is 0.470. The lowest BCUT2D eigenvalue weighted by Gasteiger charge is -2.21. The molecular weight excluding hydrogens is 162 g/mol. The monoisotopic (exact) mass is 171 g/mol. The van der Waals surface area contributed by atoms with Crippen LogP contribution in [-0.4, -0.2) is 34.2 Å². The molecule has 12 heavy (non-hydrogen) atoms. The molecule has 0 radical (unpaired) electrons. The Kier molecular flexibility index (Phi) is 1.24. The average Bonchev–Trinajstić information content (AvgIpc) is 2.63. The summed E-state index contributed by atoms with van der Waals surface area (Å²) in [6.45, 7) is 0.517. The summed E-state index contributed by atoms with van der Waals surface area (Å²) >= 11 is 0. The van der Waals surface area contributed by atoms with Crippen LogP contribution >= 0.6 is 0 Å². The van der Waals surface area contributed by atoms with Gasteiger partial charge in [-0.3, -0.25) is 5.32 Å². The van der Waals surface area contributed by atoms with Crippen molar-refractivity contribution < 1.29 is 19.8 Å². The zero-order valence-corrected chi connectivity index (χ0v) is 6.28. The van der Waals surface area contributed by atoms with Crippen molar-refractivity contribution in [3.05, 3.63) is 0 Å². The first-order chi connectivity index (χ1) is 5.59. The van der Waals surface area contributed by atoms with Crippen molar-refractivity contribution in [2.24, 2.45) is 11.8 Å². The summed E-state index contributed by atoms with van der Waals surface area (Å²) in [7, 11) is 0. The molecule has 0 aromatic carbocycles. The number of carboxylic acid groups (broad SMARTS) is 2. The third-order valence-corrected chi connectivity index (χ3v) is 2.80. The lowest BCUT2D eigenvalue weighted by Crippen LogP contribution is -2.57. The second-order valence-corrected chi connectivity index (χ2v) is 3.40. The molecule has 5 heteroatoms. The highest BCUT2D eigenvalue weighted by molar-refractivity contribution is 6.04. The van der Waals surface area contributed by atoms with E-state index in [1.807, 2.05) is 0 Å². The van der Waals surface area contributed by atoms with Crippen LogP contribution in [0.2, 0.25) is 0 Å². The van der Waals surface area contributed by atoms with E-state index in [9.17, 15) is 9.59 Å². The van der Waals surface area contributed by atoms with E-state index in [-0.39, 0.29) is 11.8 Å². The molecule has 1 saturated carbocycles. The minimum absolute atomic E-state index is 0.201. The Morgan fingerprint density at radius 1 is 1.33 bits per heavy atom. The van der Waals surface area contributed by atoms with E-state index in [1.54, 1.807) is 0 Å². The Balaban J connectivity index is 2.34. The number of carbonyl (C=O) groups is 2. The highest BCUT2D eigenvalue weighted by Crippen LogP contribution is 2.51. The average molecular weight is 171 g/mol. The molecule has 0 bridgehead atoms. The molecular formula is C7H9NO4. The third kappa shape index (κ3) is 0.665. The van der Waals surface area contributed by atoms with E-state index in [4.69, 9.17) is 10.2 Å². The number of fused-ring (bicyclic) bond motifs is 1. The maximum Gasteiger partial charge on any atom is 0.335 e. The van der Waals surface area contributed by atoms with E-state index >= 15 is 0 Å². The van der Waals surface area contributed by atoms with Gasteiger partial charge in [0.05, 0.1) is 0 Å². The minimum atomic E-state index is -1.69. The van der Waals surface area contributed by atoms with E-state index in [0.29, 0.717) is 6.54 Å². The van der Waals surface area contributed by atoms with Gasteiger partial charge in [-0.1, -0.05) is 0 Å². The van der Waals surface area contributed by atoms with Crippen molar-refractivity contribution in [1.82, 2.24) is 5.32 Å². The zero-order valence-electron chi connectivity index (χ0n) is 6.28. The minimum Gasteiger partial charge on any atom is -0.479 e. The van der Waals surface area contributed by atoms with Crippen LogP contribution in [0.5, 0.6) is 0 Å². The van der Waals surface area contributed by atoms with Crippen molar-refractivity contribution in [2.45, 2.75) is 12.0 Å². The topological polar surface area (TPSA) is 86.6 Å². The van der Waals surface area contributed by atoms with Crippen molar-refractivity contribution in [3.8, 4) is 0 Å². The summed E-state index contributed by atoms with van der Waals surface area (Å²) in [6, 6.07) is 0. The molecule has 0 spiro atoms. The molecule has 1 saturated heterocycles. The fourth-order valence-electron chi connectivity index (χ4n) is 1.99. The van der Waals surface area contributed by atoms with Gasteiger partial charge < -0.3 is 10.2 Å². The first-order valence-electron chi connectivity index (χ1n) is 3.81. The number of hydrogen-bond donors (Lipinski definition) is 3. The maximum atomic E-state index is 10.8. The Morgan fingerprint density at radius 2 is 1.92 bits per heavy atom. The molecule has 2 rings (SSSR count). The predicted molar refractivity (Wildman–Crippen MR) is 37.6 cm³/mol. The van der Waals surface area contributed by atoms with Crippen molar-refractivity contribution >= 4 is 11.9 Å². The zero-order chi connectivity index (χ0) is 8.93. The fraction of sp³-hybridized carbons (Fsp3) is 0.714. The highest BCUT2D eigenvalue weighted by atomic mass is 16.4. The van der Waals surface area contributed by atoms with Crippen LogP contribution in [0, 0.1) is 11.8 Å². The summed E-state index contributed by atoms with van der Waals surface area (Å²) in [5.74, 6) is -2.47. The maximum absolute atomic E-state index is 10.8. The van der Waals surface area contributed by atoms with Crippen molar-refractivity contribution in [3.63, 3.8) is 0 Å². The first kappa shape index (κ1) is 7.54. The first-order valence-corrected chi connectivity index (χ1v) is 3.81. The molecule has 5 nitrogen and oxygen atoms in total. The van der Waals surface area contributed by atoms with Gasteiger partial charge in [0.1, 0.15) is 0 Å². The molecule has 3 N–H and O–H groups in total. The van der Waals surface area contributed by atoms with E-state index < -0.39 is 17.5 Å². The van der Waals surface area contributed by atoms with Crippen LogP contribution in [0.3, 0.4) is 0 Å². The second kappa shape index (κ2) is 1.98. The summed E-state index contributed by atoms with van der Waals surface area (Å²) in [5, 5.41) is 20.1. The number of carboxylic acids is 2. The van der Waals surface area contributed by atoms with E-state index in [1.165, 1.54) is 0 Å². The number of rotatable bonds is 2. The molecule has 66 valence electrons. The molecule has 0 amide bonds. The summed E-state index contributed by atoms with van der Waals surface area (Å²) in [5.41, 5.74) is -1.69. The fourth-order valence-corrected chi connectivity index (χ4v) is 1.99. The van der Waals surface area contributed by atoms with Gasteiger partial charge in [0.15, 0.2) is 0 Å². The molecule has 0 aromatic heterocycles. The van der Waals surface area contributed by atoms with Crippen LogP contribution in [0.15, 0.2) is 0 Å². The van der Waals surface area contributed by atoms with Gasteiger partial charge in [-0.05, 0) is 18.9 Å². The van der Waals surface area contributed by atoms with Gasteiger partial charge >= 0.3 is 11.9 Å². The van der Waals surface area contributed by atoms with E-state index in [2.05, 4.69) is 5.32 Å². The molecule has 2 atom stereocenters. The van der Waals surface area contributed by atoms with Gasteiger partial charge in [0.25, 0.3) is 0 Å². The normalized spacial score (nSPS) is 35.7. The molecule has 1 aliphatic heterocycles. The SMILES string of the molecule is O=C(O)C1(C(=O)O)NCC2CC21. The Morgan fingerprint density at radius 3 is 2.08 bits per heavy atom. The molecule has 1 aliphatic carbocycles. The van der Waals surface area contributed by atoms with Crippen molar-refractivity contribution in [1.29, 1.82) is 0 Å². The lowest BCUT2D eigenvalue weighted by molar-refractivity contribution is -0.159. The predicted octanol–water partition coefficient (Wildman–Crippen LogP) is -0.866. The summed E-state index contributed by atoms with van der Waals surface area (Å²) in [6.07, 6.45) is 0.728. The number of aliphatic carboxylic acids is 2. The van der Waals surface area contributed by atoms with Gasteiger partial charge in [-0.15, -0.1) is 0 Å². The molecule has 2 fully saturated rings. The van der Waals surface area contributed by atoms with Crippen LogP contribution in [0.25, 0.3) is 0 Å². The Labute approximate surface area is 68.4 Å². The van der Waals surface area contributed by atoms with Gasteiger partial charge in [-0.25, -0.2) is 9.59 Å². The van der Waals surface area contributed by atoms with E-state index in [0.717, 1.165) is 6.42 Å². The standard InChI is InChI=1S/C7H9NO4/c9-5(10)7(6(11)12)4-1-3(4)2-8-7/h3-4,8H,1-2H2,(H,9,10)(H,11,12). The summed E-state index contributed by atoms with van der Waals surface area (Å²) in [4.78, 5) is 21.5. The third-order valence-electron chi connectivity index (χ3n) is 2.80. The number of nitrogens with one attached hydrogen (secondary N) is 1. The number of piperidine rings is 1. The molecule has 1 heterocycles. The largest absolute Gasteiger partial charge is 0.479 e. The summed E-state index contributed by atoms with van der Waals surface area (Å²) < 4.78 is 0. The van der Waals surface area contributed by atoms with Crippen LogP contribution in [-0.2, 0) is 9.59 Å². The van der Waals surface area contributed by atoms with Crippen LogP contribution in [0.1, 0.15) is 6.42 Å². The molecule has 2 unspecified atom stereocenters. The molecule has 2 aliphatic rings. The van der Waals surface area contributed by atoms with Gasteiger partial charge in [-0.2, -0.15) is 0 Å². The second-order valence-electron chi connectivity index (χ2n) is 3.40. The van der Waals surface area contributed by atoms with Crippen molar-refractivity contribution in [2.75, 3.05) is 6.54 Å². The highest BCUT2D eigenvalue weighted by Gasteiger charge is 2.66. The Hall–Kier alpha value is -1.10. The van der Waals surface area contributed by atoms with Gasteiger partial charge in [0.2, 0.25) is 5.54 Å². The molecule has 0 aromatic rings. The van der Waals surface area contributed by atoms with Crippen LogP contribution < -0.4 is 5.32 Å². The van der Waals surface area contributed by atoms with Gasteiger partial charge in [0, 0.05) is 5.92 Å². The smallest absolute Gasteiger partial charge is 0.335 e. The Bertz CT molecular complexity index is 248. The number of hydrogen-bond acceptors (Lipinski definition) is 3. The lowest BCUT2D eigenvalue weighted by atomic mass is 9.95.